The van der Waals surface area contributed by atoms with Crippen LogP contribution in [0, 0.1) is 12.8 Å². The van der Waals surface area contributed by atoms with Gasteiger partial charge in [-0.2, -0.15) is 0 Å². The van der Waals surface area contributed by atoms with E-state index in [4.69, 9.17) is 14.3 Å². The van der Waals surface area contributed by atoms with Crippen LogP contribution < -0.4 is 19.4 Å². The molecule has 8 heteroatoms. The highest BCUT2D eigenvalue weighted by molar-refractivity contribution is 9.10. The highest BCUT2D eigenvalue weighted by atomic mass is 79.9. The van der Waals surface area contributed by atoms with Crippen LogP contribution in [-0.2, 0) is 21.0 Å². The lowest BCUT2D eigenvalue weighted by Crippen LogP contribution is -2.37. The molecular weight excluding hydrogens is 572 g/mol. The summed E-state index contributed by atoms with van der Waals surface area (Å²) < 4.78 is 12.5. The number of amides is 2. The van der Waals surface area contributed by atoms with Crippen LogP contribution in [0.4, 0.5) is 11.4 Å². The van der Waals surface area contributed by atoms with Gasteiger partial charge in [-0.15, -0.1) is 0 Å². The van der Waals surface area contributed by atoms with Gasteiger partial charge >= 0.3 is 0 Å². The van der Waals surface area contributed by atoms with Crippen LogP contribution in [0.2, 0.25) is 0 Å². The Bertz CT molecular complexity index is 1550. The highest BCUT2D eigenvalue weighted by Crippen LogP contribution is 2.50. The molecule has 0 N–H and O–H groups in total. The average molecular weight is 599 g/mol. The van der Waals surface area contributed by atoms with Crippen molar-refractivity contribution in [2.75, 3.05) is 17.1 Å². The third-order valence-corrected chi connectivity index (χ3v) is 7.94. The van der Waals surface area contributed by atoms with E-state index in [1.807, 2.05) is 91.9 Å². The molecule has 0 saturated carbocycles. The van der Waals surface area contributed by atoms with Crippen molar-refractivity contribution in [2.45, 2.75) is 25.7 Å². The molecule has 7 nitrogen and oxygen atoms in total. The Kier molecular flexibility index (Phi) is 7.04. The maximum atomic E-state index is 14.0. The Balaban J connectivity index is 1.40. The minimum atomic E-state index is -0.967. The molecule has 0 unspecified atom stereocenters. The third-order valence-electron chi connectivity index (χ3n) is 7.26. The molecule has 2 saturated heterocycles. The van der Waals surface area contributed by atoms with Gasteiger partial charge in [0.1, 0.15) is 12.5 Å². The molecule has 202 valence electrons. The van der Waals surface area contributed by atoms with Crippen LogP contribution in [0.5, 0.6) is 11.5 Å². The van der Waals surface area contributed by atoms with Gasteiger partial charge in [-0.3, -0.25) is 14.4 Å². The second-order valence-corrected chi connectivity index (χ2v) is 10.7. The first kappa shape index (κ1) is 26.1. The SMILES string of the molecule is COc1cc([C@@H]2[C@@H]3C(=O)N(c4ccc(C)cc4)C(=O)[C@H]3ON2c2ccccc2)c(Br)cc1OCc1ccccc1. The van der Waals surface area contributed by atoms with E-state index in [2.05, 4.69) is 15.9 Å². The predicted octanol–water partition coefficient (Wildman–Crippen LogP) is 6.40. The van der Waals surface area contributed by atoms with Gasteiger partial charge in [0.25, 0.3) is 5.91 Å². The van der Waals surface area contributed by atoms with Crippen LogP contribution in [0.15, 0.2) is 102 Å². The van der Waals surface area contributed by atoms with Gasteiger partial charge in [0, 0.05) is 4.47 Å². The first-order valence-electron chi connectivity index (χ1n) is 13.0. The summed E-state index contributed by atoms with van der Waals surface area (Å²) in [6.45, 7) is 2.33. The Morgan fingerprint density at radius 3 is 2.17 bits per heavy atom. The number of aryl methyl sites for hydroxylation is 1. The van der Waals surface area contributed by atoms with E-state index >= 15 is 0 Å². The van der Waals surface area contributed by atoms with Crippen molar-refractivity contribution in [3.63, 3.8) is 0 Å². The second-order valence-electron chi connectivity index (χ2n) is 9.80. The number of nitrogens with zero attached hydrogens (tertiary/aromatic N) is 2. The van der Waals surface area contributed by atoms with Crippen LogP contribution >= 0.6 is 15.9 Å². The van der Waals surface area contributed by atoms with Crippen molar-refractivity contribution in [1.82, 2.24) is 0 Å². The second kappa shape index (κ2) is 10.8. The molecule has 2 fully saturated rings. The fraction of sp³-hybridized carbons (Fsp3) is 0.188. The molecule has 4 aromatic rings. The van der Waals surface area contributed by atoms with Gasteiger partial charge in [0.2, 0.25) is 5.91 Å². The number of anilines is 2. The Hall–Kier alpha value is -4.14. The fourth-order valence-electron chi connectivity index (χ4n) is 5.26. The van der Waals surface area contributed by atoms with E-state index in [-0.39, 0.29) is 11.8 Å². The number of ether oxygens (including phenoxy) is 2. The number of para-hydroxylation sites is 1. The van der Waals surface area contributed by atoms with Gasteiger partial charge in [0.15, 0.2) is 17.6 Å². The predicted molar refractivity (Wildman–Crippen MR) is 155 cm³/mol. The zero-order valence-electron chi connectivity index (χ0n) is 22.0. The first-order valence-corrected chi connectivity index (χ1v) is 13.7. The minimum absolute atomic E-state index is 0.308. The molecule has 0 radical (unpaired) electrons. The molecule has 0 bridgehead atoms. The molecule has 0 aliphatic carbocycles. The maximum Gasteiger partial charge on any atom is 0.266 e. The number of imide groups is 1. The van der Waals surface area contributed by atoms with E-state index < -0.39 is 18.1 Å². The summed E-state index contributed by atoms with van der Waals surface area (Å²) >= 11 is 3.72. The van der Waals surface area contributed by atoms with Crippen molar-refractivity contribution in [2.24, 2.45) is 5.92 Å². The molecule has 2 heterocycles. The molecule has 4 aromatic carbocycles. The van der Waals surface area contributed by atoms with Gasteiger partial charge in [-0.1, -0.05) is 82.2 Å². The summed E-state index contributed by atoms with van der Waals surface area (Å²) in [5.74, 6) is -0.395. The monoisotopic (exact) mass is 598 g/mol. The number of methoxy groups -OCH3 is 1. The van der Waals surface area contributed by atoms with E-state index in [1.165, 1.54) is 4.90 Å². The van der Waals surface area contributed by atoms with Gasteiger partial charge in [0.05, 0.1) is 24.5 Å². The largest absolute Gasteiger partial charge is 0.493 e. The van der Waals surface area contributed by atoms with Crippen molar-refractivity contribution in [3.05, 3.63) is 118 Å². The molecule has 0 aromatic heterocycles. The Morgan fingerprint density at radius 1 is 0.825 bits per heavy atom. The number of rotatable bonds is 7. The quantitative estimate of drug-likeness (QED) is 0.229. The number of carbonyl (C=O) groups is 2. The number of hydrogen-bond acceptors (Lipinski definition) is 6. The fourth-order valence-corrected chi connectivity index (χ4v) is 5.82. The van der Waals surface area contributed by atoms with Gasteiger partial charge in [-0.25, -0.2) is 9.96 Å². The van der Waals surface area contributed by atoms with E-state index in [9.17, 15) is 9.59 Å². The Labute approximate surface area is 241 Å². The van der Waals surface area contributed by atoms with Crippen LogP contribution in [0.3, 0.4) is 0 Å². The first-order chi connectivity index (χ1) is 19.5. The van der Waals surface area contributed by atoms with Crippen molar-refractivity contribution >= 4 is 39.1 Å². The standard InChI is InChI=1S/C32H27BrN2O5/c1-20-13-15-22(16-14-20)34-31(36)28-29(35(40-30(28)32(34)37)23-11-7-4-8-12-23)24-17-26(38-2)27(18-25(24)33)39-19-21-9-5-3-6-10-21/h3-18,28-30H,19H2,1-2H3/t28-,29+,30-/m0/s1. The number of hydrogen-bond donors (Lipinski definition) is 0. The molecular formula is C32H27BrN2O5. The van der Waals surface area contributed by atoms with Crippen molar-refractivity contribution < 1.29 is 23.9 Å². The normalized spacial score (nSPS) is 20.1. The molecule has 40 heavy (non-hydrogen) atoms. The number of halogens is 1. The van der Waals surface area contributed by atoms with Crippen molar-refractivity contribution in [1.29, 1.82) is 0 Å². The zero-order valence-corrected chi connectivity index (χ0v) is 23.6. The van der Waals surface area contributed by atoms with Gasteiger partial charge < -0.3 is 9.47 Å². The van der Waals surface area contributed by atoms with E-state index in [0.717, 1.165) is 22.4 Å². The van der Waals surface area contributed by atoms with Gasteiger partial charge in [-0.05, 0) is 54.4 Å². The Morgan fingerprint density at radius 2 is 1.50 bits per heavy atom. The van der Waals surface area contributed by atoms with Crippen LogP contribution in [0.1, 0.15) is 22.7 Å². The number of carbonyl (C=O) groups excluding carboxylic acids is 2. The summed E-state index contributed by atoms with van der Waals surface area (Å²) in [4.78, 5) is 35.1. The smallest absolute Gasteiger partial charge is 0.266 e. The van der Waals surface area contributed by atoms with Crippen LogP contribution in [-0.4, -0.2) is 25.0 Å². The topological polar surface area (TPSA) is 68.3 Å². The minimum Gasteiger partial charge on any atom is -0.493 e. The van der Waals surface area contributed by atoms with Crippen LogP contribution in [0.25, 0.3) is 0 Å². The number of hydroxylamine groups is 1. The molecule has 6 rings (SSSR count). The zero-order chi connectivity index (χ0) is 27.8. The molecule has 3 atom stereocenters. The summed E-state index contributed by atoms with van der Waals surface area (Å²) in [6.07, 6.45) is -0.967. The lowest BCUT2D eigenvalue weighted by molar-refractivity contribution is -0.126. The average Bonchev–Trinajstić information content (AvgIpc) is 3.49. The molecule has 2 aliphatic heterocycles. The third kappa shape index (κ3) is 4.63. The summed E-state index contributed by atoms with van der Waals surface area (Å²) in [7, 11) is 1.58. The van der Waals surface area contributed by atoms with E-state index in [0.29, 0.717) is 28.3 Å². The molecule has 0 spiro atoms. The summed E-state index contributed by atoms with van der Waals surface area (Å²) in [6, 6.07) is 29.8. The highest BCUT2D eigenvalue weighted by Gasteiger charge is 2.60. The molecule has 2 amide bonds. The lowest BCUT2D eigenvalue weighted by atomic mass is 9.90. The number of fused-ring (bicyclic) bond motifs is 1. The van der Waals surface area contributed by atoms with E-state index in [1.54, 1.807) is 24.3 Å². The molecule has 2 aliphatic rings. The number of benzene rings is 4. The summed E-state index contributed by atoms with van der Waals surface area (Å²) in [5, 5.41) is 1.67. The lowest BCUT2D eigenvalue weighted by Gasteiger charge is -2.30. The summed E-state index contributed by atoms with van der Waals surface area (Å²) in [5.41, 5.74) is 4.08. The van der Waals surface area contributed by atoms with Crippen molar-refractivity contribution in [3.8, 4) is 11.5 Å². The maximum absolute atomic E-state index is 14.0.